The Labute approximate surface area is 130 Å². The van der Waals surface area contributed by atoms with Gasteiger partial charge in [0.05, 0.1) is 14.2 Å². The highest BCUT2D eigenvalue weighted by atomic mass is 16.5. The largest absolute Gasteiger partial charge is 0.497 e. The van der Waals surface area contributed by atoms with Gasteiger partial charge in [0.1, 0.15) is 17.5 Å². The predicted octanol–water partition coefficient (Wildman–Crippen LogP) is 0.838. The fraction of sp³-hybridized carbons (Fsp3) is 0.467. The molecule has 1 atom stereocenters. The first-order chi connectivity index (χ1) is 10.4. The maximum absolute atomic E-state index is 12.4. The van der Waals surface area contributed by atoms with Gasteiger partial charge in [0.15, 0.2) is 0 Å². The molecule has 0 aliphatic rings. The van der Waals surface area contributed by atoms with Gasteiger partial charge in [0, 0.05) is 11.6 Å². The number of methoxy groups -OCH3 is 2. The van der Waals surface area contributed by atoms with E-state index in [1.165, 1.54) is 14.2 Å². The van der Waals surface area contributed by atoms with Crippen molar-refractivity contribution >= 4 is 11.8 Å². The molecule has 0 unspecified atom stereocenters. The van der Waals surface area contributed by atoms with E-state index in [0.717, 1.165) is 0 Å². The van der Waals surface area contributed by atoms with Gasteiger partial charge in [-0.3, -0.25) is 15.0 Å². The minimum absolute atomic E-state index is 0.224. The third-order valence-corrected chi connectivity index (χ3v) is 3.08. The standard InChI is InChI=1S/C15H23N3O4/c1-9(2)5-13(15(20)18-16)17-14(19)10-6-11(21-3)8-12(7-10)22-4/h6-9,13H,5,16H2,1-4H3,(H,17,19)(H,18,20)/t13-/m0/s1. The predicted molar refractivity (Wildman–Crippen MR) is 82.6 cm³/mol. The molecular weight excluding hydrogens is 286 g/mol. The number of nitrogens with two attached hydrogens (primary N) is 1. The summed E-state index contributed by atoms with van der Waals surface area (Å²) in [7, 11) is 3.00. The monoisotopic (exact) mass is 309 g/mol. The number of hydrazine groups is 1. The van der Waals surface area contributed by atoms with Crippen molar-refractivity contribution in [3.05, 3.63) is 23.8 Å². The van der Waals surface area contributed by atoms with E-state index in [1.807, 2.05) is 13.8 Å². The average Bonchev–Trinajstić information content (AvgIpc) is 2.52. The topological polar surface area (TPSA) is 103 Å². The Balaban J connectivity index is 2.96. The molecule has 122 valence electrons. The van der Waals surface area contributed by atoms with Crippen LogP contribution in [0.3, 0.4) is 0 Å². The summed E-state index contributed by atoms with van der Waals surface area (Å²) in [6, 6.07) is 4.11. The first-order valence-corrected chi connectivity index (χ1v) is 6.95. The molecule has 0 aromatic heterocycles. The molecule has 0 saturated heterocycles. The number of rotatable bonds is 7. The highest BCUT2D eigenvalue weighted by Gasteiger charge is 2.22. The highest BCUT2D eigenvalue weighted by Crippen LogP contribution is 2.22. The summed E-state index contributed by atoms with van der Waals surface area (Å²) in [5, 5.41) is 2.68. The normalized spacial score (nSPS) is 11.7. The fourth-order valence-electron chi connectivity index (χ4n) is 1.98. The molecule has 0 radical (unpaired) electrons. The Bertz CT molecular complexity index is 509. The van der Waals surface area contributed by atoms with E-state index in [4.69, 9.17) is 15.3 Å². The van der Waals surface area contributed by atoms with E-state index in [2.05, 4.69) is 10.7 Å². The molecule has 0 saturated carbocycles. The minimum atomic E-state index is -0.699. The van der Waals surface area contributed by atoms with Gasteiger partial charge < -0.3 is 14.8 Å². The third kappa shape index (κ3) is 4.92. The molecule has 1 aromatic rings. The molecule has 7 nitrogen and oxygen atoms in total. The van der Waals surface area contributed by atoms with Crippen molar-refractivity contribution in [3.8, 4) is 11.5 Å². The van der Waals surface area contributed by atoms with Crippen LogP contribution >= 0.6 is 0 Å². The van der Waals surface area contributed by atoms with E-state index < -0.39 is 17.9 Å². The summed E-state index contributed by atoms with van der Waals surface area (Å²) in [6.45, 7) is 3.91. The Hall–Kier alpha value is -2.28. The van der Waals surface area contributed by atoms with E-state index in [9.17, 15) is 9.59 Å². The van der Waals surface area contributed by atoms with Gasteiger partial charge in [0.2, 0.25) is 0 Å². The van der Waals surface area contributed by atoms with Crippen molar-refractivity contribution in [2.24, 2.45) is 11.8 Å². The number of carbonyl (C=O) groups excluding carboxylic acids is 2. The zero-order chi connectivity index (χ0) is 16.7. The number of benzene rings is 1. The summed E-state index contributed by atoms with van der Waals surface area (Å²) < 4.78 is 10.3. The lowest BCUT2D eigenvalue weighted by atomic mass is 10.0. The van der Waals surface area contributed by atoms with E-state index in [0.29, 0.717) is 23.5 Å². The summed E-state index contributed by atoms with van der Waals surface area (Å²) in [5.41, 5.74) is 2.41. The molecule has 22 heavy (non-hydrogen) atoms. The smallest absolute Gasteiger partial charge is 0.256 e. The van der Waals surface area contributed by atoms with Crippen LogP contribution in [0.5, 0.6) is 11.5 Å². The molecule has 7 heteroatoms. The first kappa shape index (κ1) is 17.8. The quantitative estimate of drug-likeness (QED) is 0.393. The van der Waals surface area contributed by atoms with Gasteiger partial charge in [-0.2, -0.15) is 0 Å². The van der Waals surface area contributed by atoms with Crippen LogP contribution in [0.4, 0.5) is 0 Å². The number of hydrogen-bond donors (Lipinski definition) is 3. The minimum Gasteiger partial charge on any atom is -0.497 e. The number of ether oxygens (including phenoxy) is 2. The van der Waals surface area contributed by atoms with Crippen molar-refractivity contribution in [2.45, 2.75) is 26.3 Å². The second kappa shape index (κ2) is 8.23. The summed E-state index contributed by atoms with van der Waals surface area (Å²) in [5.74, 6) is 5.55. The van der Waals surface area contributed by atoms with Crippen LogP contribution in [-0.4, -0.2) is 32.1 Å². The highest BCUT2D eigenvalue weighted by molar-refractivity contribution is 5.98. The van der Waals surface area contributed by atoms with Gasteiger partial charge in [-0.15, -0.1) is 0 Å². The maximum Gasteiger partial charge on any atom is 0.256 e. The number of hydrogen-bond acceptors (Lipinski definition) is 5. The van der Waals surface area contributed by atoms with Gasteiger partial charge >= 0.3 is 0 Å². The van der Waals surface area contributed by atoms with Crippen LogP contribution in [0.1, 0.15) is 30.6 Å². The summed E-state index contributed by atoms with van der Waals surface area (Å²) in [6.07, 6.45) is 0.482. The molecule has 0 bridgehead atoms. The SMILES string of the molecule is COc1cc(OC)cc(C(=O)N[C@@H](CC(C)C)C(=O)NN)c1. The molecule has 0 fully saturated rings. The first-order valence-electron chi connectivity index (χ1n) is 6.95. The Morgan fingerprint density at radius 1 is 1.14 bits per heavy atom. The van der Waals surface area contributed by atoms with Crippen molar-refractivity contribution in [2.75, 3.05) is 14.2 Å². The molecule has 1 rings (SSSR count). The molecule has 0 spiro atoms. The molecule has 4 N–H and O–H groups in total. The van der Waals surface area contributed by atoms with Crippen molar-refractivity contribution in [3.63, 3.8) is 0 Å². The van der Waals surface area contributed by atoms with Gasteiger partial charge in [0.25, 0.3) is 11.8 Å². The second-order valence-electron chi connectivity index (χ2n) is 5.27. The van der Waals surface area contributed by atoms with Crippen LogP contribution in [0.25, 0.3) is 0 Å². The van der Waals surface area contributed by atoms with Crippen molar-refractivity contribution in [1.29, 1.82) is 0 Å². The summed E-state index contributed by atoms with van der Waals surface area (Å²) >= 11 is 0. The average molecular weight is 309 g/mol. The van der Waals surface area contributed by atoms with Crippen LogP contribution in [0.2, 0.25) is 0 Å². The summed E-state index contributed by atoms with van der Waals surface area (Å²) in [4.78, 5) is 24.1. The molecule has 1 aromatic carbocycles. The van der Waals surface area contributed by atoms with Gasteiger partial charge in [-0.25, -0.2) is 5.84 Å². The molecule has 0 aliphatic heterocycles. The van der Waals surface area contributed by atoms with Gasteiger partial charge in [-0.05, 0) is 24.5 Å². The van der Waals surface area contributed by atoms with Gasteiger partial charge in [-0.1, -0.05) is 13.8 Å². The molecular formula is C15H23N3O4. The zero-order valence-electron chi connectivity index (χ0n) is 13.3. The maximum atomic E-state index is 12.4. The van der Waals surface area contributed by atoms with Crippen LogP contribution in [0, 0.1) is 5.92 Å². The number of nitrogens with one attached hydrogen (secondary N) is 2. The van der Waals surface area contributed by atoms with Crippen LogP contribution < -0.4 is 26.1 Å². The Morgan fingerprint density at radius 3 is 2.09 bits per heavy atom. The number of carbonyl (C=O) groups is 2. The van der Waals surface area contributed by atoms with E-state index >= 15 is 0 Å². The Kier molecular flexibility index (Phi) is 6.65. The Morgan fingerprint density at radius 2 is 1.68 bits per heavy atom. The molecule has 0 aliphatic carbocycles. The van der Waals surface area contributed by atoms with Crippen molar-refractivity contribution < 1.29 is 19.1 Å². The third-order valence-electron chi connectivity index (χ3n) is 3.08. The van der Waals surface area contributed by atoms with E-state index in [-0.39, 0.29) is 5.92 Å². The van der Waals surface area contributed by atoms with Crippen LogP contribution in [0.15, 0.2) is 18.2 Å². The van der Waals surface area contributed by atoms with Crippen LogP contribution in [-0.2, 0) is 4.79 Å². The zero-order valence-corrected chi connectivity index (χ0v) is 13.3. The molecule has 2 amide bonds. The lowest BCUT2D eigenvalue weighted by molar-refractivity contribution is -0.123. The lowest BCUT2D eigenvalue weighted by Gasteiger charge is -2.19. The van der Waals surface area contributed by atoms with Crippen molar-refractivity contribution in [1.82, 2.24) is 10.7 Å². The lowest BCUT2D eigenvalue weighted by Crippen LogP contribution is -2.49. The molecule has 0 heterocycles. The number of amides is 2. The van der Waals surface area contributed by atoms with E-state index in [1.54, 1.807) is 18.2 Å². The fourth-order valence-corrected chi connectivity index (χ4v) is 1.98. The second-order valence-corrected chi connectivity index (χ2v) is 5.27.